The minimum atomic E-state index is -0.485. The summed E-state index contributed by atoms with van der Waals surface area (Å²) in [4.78, 5) is 4.71. The van der Waals surface area contributed by atoms with Gasteiger partial charge in [0.2, 0.25) is 0 Å². The van der Waals surface area contributed by atoms with Crippen LogP contribution >= 0.6 is 0 Å². The quantitative estimate of drug-likeness (QED) is 0.794. The zero-order chi connectivity index (χ0) is 16.2. The Balaban J connectivity index is 1.96. The minimum absolute atomic E-state index is 0.358. The fraction of sp³-hybridized carbons (Fsp3) is 0.444. The number of hydrogen-bond donors (Lipinski definition) is 2. The van der Waals surface area contributed by atoms with Gasteiger partial charge in [0.1, 0.15) is 22.7 Å². The van der Waals surface area contributed by atoms with E-state index in [1.807, 2.05) is 26.2 Å². The van der Waals surface area contributed by atoms with Crippen molar-refractivity contribution in [2.45, 2.75) is 37.6 Å². The molecule has 1 fully saturated rings. The van der Waals surface area contributed by atoms with Crippen molar-refractivity contribution in [2.75, 3.05) is 0 Å². The van der Waals surface area contributed by atoms with Crippen LogP contribution < -0.4 is 10.3 Å². The maximum atomic E-state index is 11.0. The molecule has 3 N–H and O–H groups in total. The Bertz CT molecular complexity index is 814. The summed E-state index contributed by atoms with van der Waals surface area (Å²) in [7, 11) is 4.02. The number of aliphatic imine (C=N–C) groups is 1. The van der Waals surface area contributed by atoms with Crippen LogP contribution in [0.25, 0.3) is 16.6 Å². The Morgan fingerprint density at radius 2 is 1.91 bits per heavy atom. The van der Waals surface area contributed by atoms with E-state index >= 15 is 0 Å². The highest BCUT2D eigenvalue weighted by atomic mass is 16.3. The first-order chi connectivity index (χ1) is 11.1. The highest BCUT2D eigenvalue weighted by Crippen LogP contribution is 2.43. The summed E-state index contributed by atoms with van der Waals surface area (Å²) in [5.41, 5.74) is 8.72. The molecular formula is C18H23N4O+. The molecule has 0 saturated heterocycles. The van der Waals surface area contributed by atoms with E-state index < -0.39 is 5.54 Å². The average molecular weight is 311 g/mol. The molecule has 1 aromatic heterocycles. The van der Waals surface area contributed by atoms with Crippen LogP contribution in [-0.2, 0) is 14.1 Å². The number of nitrogens with zero attached hydrogens (tertiary/aromatic N) is 3. The number of aromatic nitrogens is 2. The van der Waals surface area contributed by atoms with E-state index in [0.717, 1.165) is 42.5 Å². The molecule has 0 atom stereocenters. The summed E-state index contributed by atoms with van der Waals surface area (Å²) in [6, 6.07) is 8.20. The summed E-state index contributed by atoms with van der Waals surface area (Å²) >= 11 is 0. The molecule has 5 heteroatoms. The third-order valence-corrected chi connectivity index (χ3v) is 5.41. The van der Waals surface area contributed by atoms with Gasteiger partial charge in [0.05, 0.1) is 14.1 Å². The molecule has 23 heavy (non-hydrogen) atoms. The molecule has 1 aliphatic heterocycles. The molecule has 2 aromatic rings. The van der Waals surface area contributed by atoms with Crippen molar-refractivity contribution in [1.29, 1.82) is 0 Å². The molecule has 0 unspecified atom stereocenters. The highest BCUT2D eigenvalue weighted by molar-refractivity contribution is 6.23. The van der Waals surface area contributed by atoms with Crippen LogP contribution in [0.2, 0.25) is 0 Å². The predicted octanol–water partition coefficient (Wildman–Crippen LogP) is 2.35. The predicted molar refractivity (Wildman–Crippen MR) is 91.1 cm³/mol. The number of para-hydroxylation sites is 2. The largest absolute Gasteiger partial charge is 0.509 e. The van der Waals surface area contributed by atoms with E-state index in [1.54, 1.807) is 0 Å². The van der Waals surface area contributed by atoms with Crippen molar-refractivity contribution >= 4 is 22.4 Å². The fourth-order valence-corrected chi connectivity index (χ4v) is 4.22. The zero-order valence-electron chi connectivity index (χ0n) is 13.7. The minimum Gasteiger partial charge on any atom is -0.509 e. The summed E-state index contributed by atoms with van der Waals surface area (Å²) in [5, 5.41) is 11.0. The van der Waals surface area contributed by atoms with Crippen LogP contribution in [0, 0.1) is 0 Å². The molecule has 0 bridgehead atoms. The van der Waals surface area contributed by atoms with Crippen molar-refractivity contribution in [3.05, 3.63) is 35.8 Å². The Kier molecular flexibility index (Phi) is 3.01. The number of nitrogens with two attached hydrogens (primary N) is 1. The normalized spacial score (nSPS) is 20.5. The van der Waals surface area contributed by atoms with Crippen molar-refractivity contribution < 1.29 is 9.67 Å². The summed E-state index contributed by atoms with van der Waals surface area (Å²) in [6.07, 6.45) is 5.17. The summed E-state index contributed by atoms with van der Waals surface area (Å²) < 4.78 is 4.18. The first kappa shape index (κ1) is 14.3. The number of aryl methyl sites for hydroxylation is 2. The van der Waals surface area contributed by atoms with Crippen molar-refractivity contribution in [3.63, 3.8) is 0 Å². The lowest BCUT2D eigenvalue weighted by molar-refractivity contribution is -0.648. The van der Waals surface area contributed by atoms with E-state index in [9.17, 15) is 5.11 Å². The molecule has 5 nitrogen and oxygen atoms in total. The van der Waals surface area contributed by atoms with Crippen LogP contribution in [-0.4, -0.2) is 21.0 Å². The SMILES string of the molecule is Cn1c(C2=C(O)C3(CCCCC3)N=C2N)[n+](C)c2ccccc21. The van der Waals surface area contributed by atoms with Gasteiger partial charge in [0, 0.05) is 0 Å². The van der Waals surface area contributed by atoms with Gasteiger partial charge in [0.25, 0.3) is 5.82 Å². The number of hydrogen-bond acceptors (Lipinski definition) is 3. The first-order valence-electron chi connectivity index (χ1n) is 8.28. The highest BCUT2D eigenvalue weighted by Gasteiger charge is 2.46. The molecule has 0 radical (unpaired) electrons. The van der Waals surface area contributed by atoms with E-state index in [0.29, 0.717) is 17.2 Å². The second kappa shape index (κ2) is 4.85. The topological polar surface area (TPSA) is 67.4 Å². The monoisotopic (exact) mass is 311 g/mol. The molecule has 1 spiro atoms. The number of benzene rings is 1. The molecular weight excluding hydrogens is 288 g/mol. The number of fused-ring (bicyclic) bond motifs is 1. The van der Waals surface area contributed by atoms with Crippen LogP contribution in [0.4, 0.5) is 0 Å². The number of aliphatic hydroxyl groups excluding tert-OH is 1. The van der Waals surface area contributed by atoms with Crippen LogP contribution in [0.5, 0.6) is 0 Å². The molecule has 1 aromatic carbocycles. The Hall–Kier alpha value is -2.30. The van der Waals surface area contributed by atoms with Gasteiger partial charge < -0.3 is 10.8 Å². The lowest BCUT2D eigenvalue weighted by Crippen LogP contribution is -2.35. The van der Waals surface area contributed by atoms with Gasteiger partial charge in [-0.2, -0.15) is 0 Å². The van der Waals surface area contributed by atoms with E-state index in [4.69, 9.17) is 10.7 Å². The van der Waals surface area contributed by atoms with Gasteiger partial charge in [-0.15, -0.1) is 0 Å². The van der Waals surface area contributed by atoms with Gasteiger partial charge in [0.15, 0.2) is 11.0 Å². The van der Waals surface area contributed by atoms with Crippen LogP contribution in [0.1, 0.15) is 37.9 Å². The number of rotatable bonds is 1. The van der Waals surface area contributed by atoms with Gasteiger partial charge in [-0.25, -0.2) is 9.13 Å². The molecule has 1 aliphatic carbocycles. The number of imidazole rings is 1. The lowest BCUT2D eigenvalue weighted by atomic mass is 9.81. The van der Waals surface area contributed by atoms with Crippen LogP contribution in [0.15, 0.2) is 35.0 Å². The number of aliphatic hydroxyl groups is 1. The molecule has 1 saturated carbocycles. The maximum Gasteiger partial charge on any atom is 0.296 e. The first-order valence-corrected chi connectivity index (χ1v) is 8.28. The van der Waals surface area contributed by atoms with Gasteiger partial charge >= 0.3 is 0 Å². The molecule has 0 amide bonds. The summed E-state index contributed by atoms with van der Waals surface area (Å²) in [6.45, 7) is 0. The number of amidine groups is 1. The molecule has 120 valence electrons. The van der Waals surface area contributed by atoms with Gasteiger partial charge in [-0.05, 0) is 25.0 Å². The van der Waals surface area contributed by atoms with E-state index in [1.165, 1.54) is 6.42 Å². The Labute approximate surface area is 135 Å². The smallest absolute Gasteiger partial charge is 0.296 e. The van der Waals surface area contributed by atoms with Crippen molar-refractivity contribution in [1.82, 2.24) is 4.57 Å². The van der Waals surface area contributed by atoms with Crippen molar-refractivity contribution in [2.24, 2.45) is 24.8 Å². The Morgan fingerprint density at radius 3 is 2.61 bits per heavy atom. The van der Waals surface area contributed by atoms with Crippen LogP contribution in [0.3, 0.4) is 0 Å². The van der Waals surface area contributed by atoms with E-state index in [2.05, 4.69) is 21.3 Å². The lowest BCUT2D eigenvalue weighted by Gasteiger charge is -2.30. The van der Waals surface area contributed by atoms with E-state index in [-0.39, 0.29) is 0 Å². The summed E-state index contributed by atoms with van der Waals surface area (Å²) in [5.74, 6) is 1.73. The standard InChI is InChI=1S/C18H22N4O/c1-21-12-8-4-5-9-13(12)22(2)17(21)14-15(23)18(20-16(14)19)10-6-3-7-11-18/h4-5,8-9H,3,6-7,10-11H2,1-2H3,(H2,19,20)/p+1. The molecule has 4 rings (SSSR count). The third-order valence-electron chi connectivity index (χ3n) is 5.41. The second-order valence-corrected chi connectivity index (χ2v) is 6.74. The Morgan fingerprint density at radius 1 is 1.22 bits per heavy atom. The zero-order valence-corrected chi connectivity index (χ0v) is 13.7. The van der Waals surface area contributed by atoms with Crippen molar-refractivity contribution in [3.8, 4) is 0 Å². The second-order valence-electron chi connectivity index (χ2n) is 6.74. The van der Waals surface area contributed by atoms with Gasteiger partial charge in [-0.1, -0.05) is 31.4 Å². The maximum absolute atomic E-state index is 11.0. The molecule has 2 heterocycles. The molecule has 2 aliphatic rings. The fourth-order valence-electron chi connectivity index (χ4n) is 4.22. The average Bonchev–Trinajstić information content (AvgIpc) is 2.94. The third kappa shape index (κ3) is 1.85. The van der Waals surface area contributed by atoms with Gasteiger partial charge in [-0.3, -0.25) is 4.99 Å².